The minimum atomic E-state index is -0.441. The van der Waals surface area contributed by atoms with E-state index in [0.29, 0.717) is 5.56 Å². The largest absolute Gasteiger partial charge is 0.367 e. The van der Waals surface area contributed by atoms with E-state index in [-0.39, 0.29) is 24.8 Å². The van der Waals surface area contributed by atoms with Crippen LogP contribution < -0.4 is 16.4 Å². The molecular formula is C16H20Cl2N6O. The van der Waals surface area contributed by atoms with E-state index >= 15 is 0 Å². The Morgan fingerprint density at radius 2 is 1.84 bits per heavy atom. The van der Waals surface area contributed by atoms with Gasteiger partial charge in [-0.25, -0.2) is 9.50 Å². The zero-order valence-electron chi connectivity index (χ0n) is 13.6. The number of imidazole rings is 1. The van der Waals surface area contributed by atoms with Crippen molar-refractivity contribution >= 4 is 42.2 Å². The van der Waals surface area contributed by atoms with Gasteiger partial charge in [-0.05, 0) is 31.3 Å². The fourth-order valence-corrected chi connectivity index (χ4v) is 2.29. The molecule has 7 nitrogen and oxygen atoms in total. The van der Waals surface area contributed by atoms with Gasteiger partial charge in [-0.15, -0.1) is 29.9 Å². The number of halogens is 2. The Hall–Kier alpha value is -2.35. The smallest absolute Gasteiger partial charge is 0.248 e. The molecule has 3 rings (SSSR count). The maximum absolute atomic E-state index is 11.2. The van der Waals surface area contributed by atoms with Gasteiger partial charge in [0.05, 0.1) is 11.9 Å². The molecule has 0 atom stereocenters. The zero-order chi connectivity index (χ0) is 16.2. The molecule has 2 aromatic heterocycles. The third-order valence-corrected chi connectivity index (χ3v) is 3.51. The number of primary amides is 1. The average molecular weight is 383 g/mol. The number of anilines is 1. The van der Waals surface area contributed by atoms with Crippen molar-refractivity contribution in [3.63, 3.8) is 0 Å². The number of nitrogens with zero attached hydrogens (tertiary/aromatic N) is 3. The van der Waals surface area contributed by atoms with Crippen LogP contribution >= 0.6 is 24.8 Å². The third kappa shape index (κ3) is 4.60. The summed E-state index contributed by atoms with van der Waals surface area (Å²) in [4.78, 5) is 15.5. The number of likely N-dealkylation sites (N-methyl/N-ethyl adjacent to an activating group) is 1. The molecule has 1 amide bonds. The SMILES string of the molecule is CNCCNc1ccc2ncc(-c3ccc(C(N)=O)cc3)n2n1.Cl.Cl. The van der Waals surface area contributed by atoms with Gasteiger partial charge in [0, 0.05) is 24.2 Å². The highest BCUT2D eigenvalue weighted by Gasteiger charge is 2.09. The van der Waals surface area contributed by atoms with Crippen LogP contribution in [0.4, 0.5) is 5.82 Å². The van der Waals surface area contributed by atoms with Crippen molar-refractivity contribution in [3.05, 3.63) is 48.2 Å². The molecule has 0 aliphatic rings. The van der Waals surface area contributed by atoms with Crippen LogP contribution in [0.3, 0.4) is 0 Å². The topological polar surface area (TPSA) is 97.3 Å². The number of amides is 1. The molecule has 0 aliphatic heterocycles. The van der Waals surface area contributed by atoms with E-state index in [1.165, 1.54) is 0 Å². The van der Waals surface area contributed by atoms with Crippen LogP contribution in [0.15, 0.2) is 42.6 Å². The number of nitrogens with two attached hydrogens (primary N) is 1. The summed E-state index contributed by atoms with van der Waals surface area (Å²) >= 11 is 0. The molecule has 0 saturated heterocycles. The Balaban J connectivity index is 0.00000156. The second-order valence-electron chi connectivity index (χ2n) is 5.10. The van der Waals surface area contributed by atoms with Crippen LogP contribution in [-0.4, -0.2) is 40.6 Å². The number of hydrogen-bond acceptors (Lipinski definition) is 5. The molecule has 4 N–H and O–H groups in total. The Morgan fingerprint density at radius 3 is 2.48 bits per heavy atom. The maximum Gasteiger partial charge on any atom is 0.248 e. The summed E-state index contributed by atoms with van der Waals surface area (Å²) in [6.45, 7) is 1.64. The monoisotopic (exact) mass is 382 g/mol. The lowest BCUT2D eigenvalue weighted by Gasteiger charge is -2.07. The molecule has 0 fully saturated rings. The van der Waals surface area contributed by atoms with E-state index in [0.717, 1.165) is 35.8 Å². The molecule has 0 saturated carbocycles. The molecule has 3 aromatic rings. The predicted molar refractivity (Wildman–Crippen MR) is 104 cm³/mol. The molecule has 1 aromatic carbocycles. The highest BCUT2D eigenvalue weighted by Crippen LogP contribution is 2.21. The highest BCUT2D eigenvalue weighted by molar-refractivity contribution is 5.93. The summed E-state index contributed by atoms with van der Waals surface area (Å²) in [7, 11) is 1.90. The number of benzene rings is 1. The van der Waals surface area contributed by atoms with Crippen LogP contribution in [0.25, 0.3) is 16.9 Å². The summed E-state index contributed by atoms with van der Waals surface area (Å²) in [5.41, 5.74) is 8.28. The predicted octanol–water partition coefficient (Wildman–Crippen LogP) is 1.97. The lowest BCUT2D eigenvalue weighted by Crippen LogP contribution is -2.18. The fourth-order valence-electron chi connectivity index (χ4n) is 2.29. The van der Waals surface area contributed by atoms with Crippen molar-refractivity contribution in [3.8, 4) is 11.3 Å². The van der Waals surface area contributed by atoms with E-state index in [4.69, 9.17) is 5.73 Å². The van der Waals surface area contributed by atoms with Gasteiger partial charge in [0.1, 0.15) is 5.82 Å². The Kier molecular flexibility index (Phi) is 7.63. The summed E-state index contributed by atoms with van der Waals surface area (Å²) < 4.78 is 1.78. The normalized spacial score (nSPS) is 9.96. The minimum absolute atomic E-state index is 0. The van der Waals surface area contributed by atoms with Crippen LogP contribution in [-0.2, 0) is 0 Å². The number of aromatic nitrogens is 3. The van der Waals surface area contributed by atoms with Crippen molar-refractivity contribution < 1.29 is 4.79 Å². The van der Waals surface area contributed by atoms with Crippen LogP contribution in [0.5, 0.6) is 0 Å². The summed E-state index contributed by atoms with van der Waals surface area (Å²) in [6, 6.07) is 10.9. The molecule has 134 valence electrons. The molecule has 2 heterocycles. The standard InChI is InChI=1S/C16H18N6O.2ClH/c1-18-8-9-19-14-6-7-15-20-10-13(22(15)21-14)11-2-4-12(5-3-11)16(17)23;;/h2-7,10,18H,8-9H2,1H3,(H2,17,23)(H,19,21);2*1H. The van der Waals surface area contributed by atoms with Crippen molar-refractivity contribution in [2.75, 3.05) is 25.5 Å². The van der Waals surface area contributed by atoms with E-state index < -0.39 is 5.91 Å². The second kappa shape index (κ2) is 9.22. The summed E-state index contributed by atoms with van der Waals surface area (Å²) in [5.74, 6) is 0.338. The first-order valence-corrected chi connectivity index (χ1v) is 7.32. The average Bonchev–Trinajstić information content (AvgIpc) is 2.98. The van der Waals surface area contributed by atoms with E-state index in [2.05, 4.69) is 20.7 Å². The zero-order valence-corrected chi connectivity index (χ0v) is 15.2. The Bertz CT molecular complexity index is 834. The fraction of sp³-hybridized carbons (Fsp3) is 0.188. The number of rotatable bonds is 6. The number of fused-ring (bicyclic) bond motifs is 1. The minimum Gasteiger partial charge on any atom is -0.367 e. The van der Waals surface area contributed by atoms with Gasteiger partial charge < -0.3 is 16.4 Å². The molecule has 0 radical (unpaired) electrons. The highest BCUT2D eigenvalue weighted by atomic mass is 35.5. The maximum atomic E-state index is 11.2. The summed E-state index contributed by atoms with van der Waals surface area (Å²) in [5, 5.41) is 10.9. The molecule has 0 bridgehead atoms. The van der Waals surface area contributed by atoms with Gasteiger partial charge in [-0.2, -0.15) is 0 Å². The quantitative estimate of drug-likeness (QED) is 0.566. The van der Waals surface area contributed by atoms with Gasteiger partial charge in [0.2, 0.25) is 5.91 Å². The van der Waals surface area contributed by atoms with Gasteiger partial charge in [0.15, 0.2) is 5.65 Å². The van der Waals surface area contributed by atoms with E-state index in [1.54, 1.807) is 22.8 Å². The second-order valence-corrected chi connectivity index (χ2v) is 5.10. The van der Waals surface area contributed by atoms with Crippen molar-refractivity contribution in [2.24, 2.45) is 5.73 Å². The van der Waals surface area contributed by atoms with Crippen LogP contribution in [0.1, 0.15) is 10.4 Å². The van der Waals surface area contributed by atoms with Gasteiger partial charge in [-0.1, -0.05) is 12.1 Å². The number of carbonyl (C=O) groups excluding carboxylic acids is 1. The van der Waals surface area contributed by atoms with Gasteiger partial charge in [0.25, 0.3) is 0 Å². The number of hydrogen-bond donors (Lipinski definition) is 3. The Morgan fingerprint density at radius 1 is 1.12 bits per heavy atom. The van der Waals surface area contributed by atoms with Gasteiger partial charge >= 0.3 is 0 Å². The molecule has 25 heavy (non-hydrogen) atoms. The molecule has 0 unspecified atom stereocenters. The summed E-state index contributed by atoms with van der Waals surface area (Å²) in [6.07, 6.45) is 1.76. The van der Waals surface area contributed by atoms with Crippen molar-refractivity contribution in [2.45, 2.75) is 0 Å². The molecule has 0 spiro atoms. The van der Waals surface area contributed by atoms with Crippen LogP contribution in [0.2, 0.25) is 0 Å². The van der Waals surface area contributed by atoms with Gasteiger partial charge in [-0.3, -0.25) is 4.79 Å². The van der Waals surface area contributed by atoms with Crippen molar-refractivity contribution in [1.82, 2.24) is 19.9 Å². The van der Waals surface area contributed by atoms with Crippen LogP contribution in [0, 0.1) is 0 Å². The third-order valence-electron chi connectivity index (χ3n) is 3.51. The van der Waals surface area contributed by atoms with Crippen molar-refractivity contribution in [1.29, 1.82) is 0 Å². The lowest BCUT2D eigenvalue weighted by atomic mass is 10.1. The molecular weight excluding hydrogens is 363 g/mol. The van der Waals surface area contributed by atoms with E-state index in [9.17, 15) is 4.79 Å². The lowest BCUT2D eigenvalue weighted by molar-refractivity contribution is 0.100. The molecule has 0 aliphatic carbocycles. The first-order chi connectivity index (χ1) is 11.2. The first kappa shape index (κ1) is 20.7. The molecule has 9 heteroatoms. The Labute approximate surface area is 157 Å². The number of carbonyl (C=O) groups is 1. The van der Waals surface area contributed by atoms with E-state index in [1.807, 2.05) is 31.3 Å². The number of nitrogens with one attached hydrogen (secondary N) is 2. The first-order valence-electron chi connectivity index (χ1n) is 7.32.